The van der Waals surface area contributed by atoms with Gasteiger partial charge in [0.2, 0.25) is 0 Å². The second-order valence-corrected chi connectivity index (χ2v) is 21.9. The maximum absolute atomic E-state index is 6.58. The minimum Gasteiger partial charge on any atom is -0.453 e. The molecule has 0 N–H and O–H groups in total. The predicted molar refractivity (Wildman–Crippen MR) is 115 cm³/mol. The SMILES string of the molecule is C=C[Si](C)(C)O[Si](C)(C)CC[Si](C)(C)N(CCCC)CCCC. The van der Waals surface area contributed by atoms with Gasteiger partial charge in [-0.1, -0.05) is 45.5 Å². The normalized spacial score (nSPS) is 13.6. The Bertz CT molecular complexity index is 335. The van der Waals surface area contributed by atoms with Crippen molar-refractivity contribution >= 4 is 24.9 Å². The summed E-state index contributed by atoms with van der Waals surface area (Å²) in [5, 5.41) is 0. The van der Waals surface area contributed by atoms with E-state index in [4.69, 9.17) is 4.12 Å². The molecule has 0 aromatic rings. The summed E-state index contributed by atoms with van der Waals surface area (Å²) in [5.41, 5.74) is 2.08. The van der Waals surface area contributed by atoms with Gasteiger partial charge in [-0.15, -0.1) is 6.58 Å². The highest BCUT2D eigenvalue weighted by Crippen LogP contribution is 2.27. The third-order valence-electron chi connectivity index (χ3n) is 4.79. The number of rotatable bonds is 13. The lowest BCUT2D eigenvalue weighted by Gasteiger charge is -2.40. The monoisotopic (exact) mass is 373 g/mol. The molecule has 0 aliphatic heterocycles. The molecule has 0 aromatic carbocycles. The molecule has 0 saturated heterocycles. The first-order valence-electron chi connectivity index (χ1n) is 9.58. The second-order valence-electron chi connectivity index (χ2n) is 8.68. The lowest BCUT2D eigenvalue weighted by molar-refractivity contribution is 0.398. The Hall–Kier alpha value is 0.311. The first-order valence-corrected chi connectivity index (χ1v) is 18.8. The summed E-state index contributed by atoms with van der Waals surface area (Å²) in [4.78, 5) is 0. The second kappa shape index (κ2) is 10.3. The van der Waals surface area contributed by atoms with E-state index in [1.165, 1.54) is 50.9 Å². The van der Waals surface area contributed by atoms with Gasteiger partial charge in [0.15, 0.2) is 16.6 Å². The van der Waals surface area contributed by atoms with Crippen molar-refractivity contribution in [1.29, 1.82) is 0 Å². The van der Waals surface area contributed by atoms with Crippen LogP contribution in [0.5, 0.6) is 0 Å². The van der Waals surface area contributed by atoms with E-state index in [-0.39, 0.29) is 0 Å². The minimum absolute atomic E-state index is 1.30. The molecule has 0 bridgehead atoms. The van der Waals surface area contributed by atoms with Gasteiger partial charge in [0.1, 0.15) is 8.24 Å². The average molecular weight is 374 g/mol. The molecule has 0 aliphatic carbocycles. The molecular weight excluding hydrogens is 330 g/mol. The van der Waals surface area contributed by atoms with E-state index in [1.807, 2.05) is 0 Å². The molecule has 23 heavy (non-hydrogen) atoms. The van der Waals surface area contributed by atoms with Gasteiger partial charge in [-0.2, -0.15) is 0 Å². The molecule has 0 aliphatic rings. The van der Waals surface area contributed by atoms with E-state index >= 15 is 0 Å². The molecule has 0 fully saturated rings. The van der Waals surface area contributed by atoms with Crippen molar-refractivity contribution in [3.8, 4) is 0 Å². The zero-order valence-electron chi connectivity index (χ0n) is 17.3. The Labute approximate surface area is 150 Å². The molecule has 0 atom stereocenters. The third-order valence-corrected chi connectivity index (χ3v) is 15.7. The van der Waals surface area contributed by atoms with Crippen molar-refractivity contribution in [2.45, 2.75) is 90.9 Å². The minimum atomic E-state index is -1.65. The summed E-state index contributed by atoms with van der Waals surface area (Å²) in [7, 11) is -4.55. The smallest absolute Gasteiger partial charge is 0.197 e. The molecule has 138 valence electrons. The lowest BCUT2D eigenvalue weighted by Crippen LogP contribution is -2.51. The Kier molecular flexibility index (Phi) is 10.5. The van der Waals surface area contributed by atoms with Crippen molar-refractivity contribution < 1.29 is 4.12 Å². The van der Waals surface area contributed by atoms with Crippen LogP contribution in [0, 0.1) is 0 Å². The van der Waals surface area contributed by atoms with Gasteiger partial charge in [0, 0.05) is 0 Å². The van der Waals surface area contributed by atoms with E-state index < -0.39 is 24.9 Å². The molecule has 0 spiro atoms. The highest BCUT2D eigenvalue weighted by molar-refractivity contribution is 6.88. The summed E-state index contributed by atoms with van der Waals surface area (Å²) >= 11 is 0. The fourth-order valence-corrected chi connectivity index (χ4v) is 16.1. The first kappa shape index (κ1) is 23.3. The van der Waals surface area contributed by atoms with Crippen molar-refractivity contribution in [2.75, 3.05) is 13.1 Å². The summed E-state index contributed by atoms with van der Waals surface area (Å²) in [6, 6.07) is 2.67. The van der Waals surface area contributed by atoms with Crippen LogP contribution in [0.4, 0.5) is 0 Å². The third kappa shape index (κ3) is 10.0. The molecule has 0 saturated carbocycles. The number of hydrogen-bond acceptors (Lipinski definition) is 2. The first-order chi connectivity index (χ1) is 10.5. The molecule has 0 radical (unpaired) electrons. The van der Waals surface area contributed by atoms with Gasteiger partial charge in [-0.05, 0) is 64.2 Å². The molecule has 0 amide bonds. The largest absolute Gasteiger partial charge is 0.453 e. The lowest BCUT2D eigenvalue weighted by atomic mass is 10.3. The van der Waals surface area contributed by atoms with E-state index in [9.17, 15) is 0 Å². The summed E-state index contributed by atoms with van der Waals surface area (Å²) < 4.78 is 9.44. The average Bonchev–Trinajstić information content (AvgIpc) is 2.44. The summed E-state index contributed by atoms with van der Waals surface area (Å²) in [6.07, 6.45) is 5.28. The van der Waals surface area contributed by atoms with Gasteiger partial charge in [-0.3, -0.25) is 0 Å². The Morgan fingerprint density at radius 3 is 1.74 bits per heavy atom. The van der Waals surface area contributed by atoms with Crippen molar-refractivity contribution in [3.05, 3.63) is 12.3 Å². The number of hydrogen-bond donors (Lipinski definition) is 0. The van der Waals surface area contributed by atoms with Crippen molar-refractivity contribution in [2.24, 2.45) is 0 Å². The number of unbranched alkanes of at least 4 members (excludes halogenated alkanes) is 2. The van der Waals surface area contributed by atoms with E-state index in [0.29, 0.717) is 0 Å². The molecule has 0 rings (SSSR count). The molecule has 0 unspecified atom stereocenters. The molecular formula is C18H43NOSi3. The zero-order valence-corrected chi connectivity index (χ0v) is 20.3. The van der Waals surface area contributed by atoms with E-state index in [2.05, 4.69) is 70.0 Å². The highest BCUT2D eigenvalue weighted by atomic mass is 28.4. The fraction of sp³-hybridized carbons (Fsp3) is 0.889. The maximum atomic E-state index is 6.58. The fourth-order valence-electron chi connectivity index (χ4n) is 2.98. The zero-order chi connectivity index (χ0) is 18.1. The van der Waals surface area contributed by atoms with Crippen LogP contribution in [0.25, 0.3) is 0 Å². The van der Waals surface area contributed by atoms with Crippen LogP contribution in [-0.4, -0.2) is 42.5 Å². The Balaban J connectivity index is 4.74. The van der Waals surface area contributed by atoms with Gasteiger partial charge >= 0.3 is 0 Å². The van der Waals surface area contributed by atoms with Crippen LogP contribution in [0.3, 0.4) is 0 Å². The van der Waals surface area contributed by atoms with Crippen LogP contribution >= 0.6 is 0 Å². The van der Waals surface area contributed by atoms with Gasteiger partial charge in [-0.25, -0.2) is 0 Å². The van der Waals surface area contributed by atoms with Crippen LogP contribution in [-0.2, 0) is 4.12 Å². The van der Waals surface area contributed by atoms with Crippen LogP contribution in [0.15, 0.2) is 12.3 Å². The van der Waals surface area contributed by atoms with Gasteiger partial charge in [0.25, 0.3) is 0 Å². The highest BCUT2D eigenvalue weighted by Gasteiger charge is 2.35. The van der Waals surface area contributed by atoms with E-state index in [0.717, 1.165) is 0 Å². The summed E-state index contributed by atoms with van der Waals surface area (Å²) in [5.74, 6) is 0. The quantitative estimate of drug-likeness (QED) is 0.354. The molecule has 0 aromatic heterocycles. The maximum Gasteiger partial charge on any atom is 0.197 e. The van der Waals surface area contributed by atoms with Crippen molar-refractivity contribution in [3.63, 3.8) is 0 Å². The molecule has 5 heteroatoms. The predicted octanol–water partition coefficient (Wildman–Crippen LogP) is 6.25. The van der Waals surface area contributed by atoms with E-state index in [1.54, 1.807) is 0 Å². The van der Waals surface area contributed by atoms with Crippen LogP contribution in [0.2, 0.25) is 51.4 Å². The number of nitrogens with zero attached hydrogens (tertiary/aromatic N) is 1. The standard InChI is InChI=1S/C18H43NOSi3/c1-10-13-15-19(16-14-11-2)21(4,5)17-18-23(8,9)20-22(6,7)12-3/h12H,3,10-11,13-18H2,1-2,4-9H3. The Morgan fingerprint density at radius 1 is 0.870 bits per heavy atom. The van der Waals surface area contributed by atoms with Gasteiger partial charge in [0.05, 0.1) is 0 Å². The molecule has 0 heterocycles. The summed E-state index contributed by atoms with van der Waals surface area (Å²) in [6.45, 7) is 25.7. The van der Waals surface area contributed by atoms with Gasteiger partial charge < -0.3 is 8.68 Å². The van der Waals surface area contributed by atoms with Crippen LogP contribution in [0.1, 0.15) is 39.5 Å². The Morgan fingerprint density at radius 2 is 1.35 bits per heavy atom. The van der Waals surface area contributed by atoms with Crippen molar-refractivity contribution in [1.82, 2.24) is 4.57 Å². The topological polar surface area (TPSA) is 12.5 Å². The van der Waals surface area contributed by atoms with Crippen LogP contribution < -0.4 is 0 Å². The molecule has 2 nitrogen and oxygen atoms in total.